The molecule has 5 heteroatoms. The van der Waals surface area contributed by atoms with E-state index >= 15 is 0 Å². The highest BCUT2D eigenvalue weighted by Gasteiger charge is 2.13. The summed E-state index contributed by atoms with van der Waals surface area (Å²) in [5.41, 5.74) is 0.817. The lowest BCUT2D eigenvalue weighted by Gasteiger charge is -2.08. The van der Waals surface area contributed by atoms with Crippen LogP contribution in [0.25, 0.3) is 0 Å². The summed E-state index contributed by atoms with van der Waals surface area (Å²) >= 11 is 5.77. The van der Waals surface area contributed by atoms with E-state index < -0.39 is 11.7 Å². The van der Waals surface area contributed by atoms with Gasteiger partial charge in [0.15, 0.2) is 0 Å². The van der Waals surface area contributed by atoms with E-state index in [4.69, 9.17) is 16.7 Å². The highest BCUT2D eigenvalue weighted by atomic mass is 35.5. The van der Waals surface area contributed by atoms with Gasteiger partial charge in [-0.15, -0.1) is 0 Å². The van der Waals surface area contributed by atoms with E-state index in [0.717, 1.165) is 6.07 Å². The molecule has 106 valence electrons. The number of rotatable bonds is 2. The van der Waals surface area contributed by atoms with Gasteiger partial charge in [-0.2, -0.15) is 0 Å². The van der Waals surface area contributed by atoms with E-state index in [-0.39, 0.29) is 17.2 Å². The summed E-state index contributed by atoms with van der Waals surface area (Å²) in [5.74, 6) is 3.93. The highest BCUT2D eigenvalue weighted by Crippen LogP contribution is 2.19. The second kappa shape index (κ2) is 6.89. The number of para-hydroxylation sites is 1. The predicted octanol–water partition coefficient (Wildman–Crippen LogP) is 3.08. The van der Waals surface area contributed by atoms with Gasteiger partial charge in [-0.3, -0.25) is 4.79 Å². The second-order valence-electron chi connectivity index (χ2n) is 4.08. The van der Waals surface area contributed by atoms with E-state index in [1.54, 1.807) is 24.3 Å². The van der Waals surface area contributed by atoms with E-state index in [2.05, 4.69) is 17.2 Å². The first-order chi connectivity index (χ1) is 10.1. The third kappa shape index (κ3) is 3.82. The quantitative estimate of drug-likeness (QED) is 0.838. The molecule has 0 unspecified atom stereocenters. The molecule has 0 saturated heterocycles. The molecule has 0 spiro atoms. The summed E-state index contributed by atoms with van der Waals surface area (Å²) in [5, 5.41) is 11.6. The van der Waals surface area contributed by atoms with Crippen molar-refractivity contribution in [3.63, 3.8) is 0 Å². The molecule has 2 aromatic carbocycles. The monoisotopic (exact) mass is 303 g/mol. The fraction of sp³-hybridized carbons (Fsp3) is 0.0625. The molecule has 2 N–H and O–H groups in total. The maximum atomic E-state index is 13.6. The zero-order chi connectivity index (χ0) is 15.2. The fourth-order valence-corrected chi connectivity index (χ4v) is 1.87. The minimum atomic E-state index is -0.657. The Hall–Kier alpha value is -2.35. The molecule has 0 aromatic heterocycles. The molecule has 2 rings (SSSR count). The van der Waals surface area contributed by atoms with Crippen LogP contribution in [0.2, 0.25) is 5.02 Å². The van der Waals surface area contributed by atoms with Crippen molar-refractivity contribution in [3.8, 4) is 11.8 Å². The number of aliphatic hydroxyl groups excluding tert-OH is 1. The SMILES string of the molecule is O=C(Nc1ccccc1C#CCO)c1cc(Cl)ccc1F. The number of halogens is 2. The van der Waals surface area contributed by atoms with Crippen LogP contribution in [0.3, 0.4) is 0 Å². The van der Waals surface area contributed by atoms with Crippen LogP contribution in [0.5, 0.6) is 0 Å². The van der Waals surface area contributed by atoms with Gasteiger partial charge in [0.25, 0.3) is 5.91 Å². The Morgan fingerprint density at radius 2 is 2.05 bits per heavy atom. The van der Waals surface area contributed by atoms with Crippen molar-refractivity contribution < 1.29 is 14.3 Å². The summed E-state index contributed by atoms with van der Waals surface area (Å²) in [4.78, 5) is 12.1. The molecule has 0 aliphatic heterocycles. The van der Waals surface area contributed by atoms with Gasteiger partial charge < -0.3 is 10.4 Å². The smallest absolute Gasteiger partial charge is 0.258 e. The van der Waals surface area contributed by atoms with Crippen LogP contribution in [0.15, 0.2) is 42.5 Å². The first kappa shape index (κ1) is 15.0. The molecule has 0 atom stereocenters. The Bertz CT molecular complexity index is 735. The lowest BCUT2D eigenvalue weighted by atomic mass is 10.1. The number of amides is 1. The van der Waals surface area contributed by atoms with Crippen LogP contribution in [-0.2, 0) is 0 Å². The van der Waals surface area contributed by atoms with E-state index in [0.29, 0.717) is 11.3 Å². The van der Waals surface area contributed by atoms with Crippen molar-refractivity contribution in [2.75, 3.05) is 11.9 Å². The Labute approximate surface area is 126 Å². The molecule has 0 radical (unpaired) electrons. The minimum absolute atomic E-state index is 0.146. The van der Waals surface area contributed by atoms with Gasteiger partial charge in [0.1, 0.15) is 12.4 Å². The average molecular weight is 304 g/mol. The Balaban J connectivity index is 2.30. The second-order valence-corrected chi connectivity index (χ2v) is 4.52. The molecule has 0 saturated carbocycles. The summed E-state index contributed by atoms with van der Waals surface area (Å²) in [6, 6.07) is 10.6. The van der Waals surface area contributed by atoms with Crippen molar-refractivity contribution in [3.05, 3.63) is 64.4 Å². The van der Waals surface area contributed by atoms with Crippen LogP contribution in [0.4, 0.5) is 10.1 Å². The maximum absolute atomic E-state index is 13.6. The molecule has 0 fully saturated rings. The standard InChI is InChI=1S/C16H11ClFNO2/c17-12-7-8-14(18)13(10-12)16(21)19-15-6-2-1-4-11(15)5-3-9-20/h1-2,4,6-8,10,20H,9H2,(H,19,21). The third-order valence-electron chi connectivity index (χ3n) is 2.65. The summed E-state index contributed by atoms with van der Waals surface area (Å²) < 4.78 is 13.6. The number of hydrogen-bond donors (Lipinski definition) is 2. The topological polar surface area (TPSA) is 49.3 Å². The predicted molar refractivity (Wildman–Crippen MR) is 79.8 cm³/mol. The zero-order valence-corrected chi connectivity index (χ0v) is 11.6. The van der Waals surface area contributed by atoms with Crippen molar-refractivity contribution >= 4 is 23.2 Å². The van der Waals surface area contributed by atoms with Crippen LogP contribution >= 0.6 is 11.6 Å². The van der Waals surface area contributed by atoms with E-state index in [1.807, 2.05) is 0 Å². The number of nitrogens with one attached hydrogen (secondary N) is 1. The molecular weight excluding hydrogens is 293 g/mol. The van der Waals surface area contributed by atoms with E-state index in [1.165, 1.54) is 12.1 Å². The Morgan fingerprint density at radius 1 is 1.29 bits per heavy atom. The van der Waals surface area contributed by atoms with Gasteiger partial charge in [-0.1, -0.05) is 35.6 Å². The van der Waals surface area contributed by atoms with Crippen molar-refractivity contribution in [1.29, 1.82) is 0 Å². The number of carbonyl (C=O) groups is 1. The zero-order valence-electron chi connectivity index (χ0n) is 10.9. The molecule has 0 aliphatic rings. The Morgan fingerprint density at radius 3 is 2.81 bits per heavy atom. The van der Waals surface area contributed by atoms with Crippen LogP contribution in [0.1, 0.15) is 15.9 Å². The fourth-order valence-electron chi connectivity index (χ4n) is 1.70. The highest BCUT2D eigenvalue weighted by molar-refractivity contribution is 6.31. The van der Waals surface area contributed by atoms with Crippen LogP contribution in [0, 0.1) is 17.7 Å². The molecule has 0 heterocycles. The number of aliphatic hydroxyl groups is 1. The first-order valence-electron chi connectivity index (χ1n) is 6.07. The molecule has 0 aliphatic carbocycles. The third-order valence-corrected chi connectivity index (χ3v) is 2.89. The van der Waals surface area contributed by atoms with Gasteiger partial charge in [0.2, 0.25) is 0 Å². The lowest BCUT2D eigenvalue weighted by Crippen LogP contribution is -2.14. The number of benzene rings is 2. The summed E-state index contributed by atoms with van der Waals surface area (Å²) in [6.07, 6.45) is 0. The molecule has 21 heavy (non-hydrogen) atoms. The van der Waals surface area contributed by atoms with Gasteiger partial charge in [0, 0.05) is 10.6 Å². The normalized spacial score (nSPS) is 9.67. The Kier molecular flexibility index (Phi) is 4.94. The van der Waals surface area contributed by atoms with Gasteiger partial charge in [0.05, 0.1) is 11.3 Å². The summed E-state index contributed by atoms with van der Waals surface area (Å²) in [7, 11) is 0. The molecular formula is C16H11ClFNO2. The number of carbonyl (C=O) groups excluding carboxylic acids is 1. The summed E-state index contributed by atoms with van der Waals surface area (Å²) in [6.45, 7) is -0.287. The average Bonchev–Trinajstić information content (AvgIpc) is 2.48. The minimum Gasteiger partial charge on any atom is -0.384 e. The van der Waals surface area contributed by atoms with Crippen molar-refractivity contribution in [1.82, 2.24) is 0 Å². The van der Waals surface area contributed by atoms with Crippen LogP contribution in [-0.4, -0.2) is 17.6 Å². The van der Waals surface area contributed by atoms with Gasteiger partial charge >= 0.3 is 0 Å². The van der Waals surface area contributed by atoms with Crippen LogP contribution < -0.4 is 5.32 Å². The largest absolute Gasteiger partial charge is 0.384 e. The lowest BCUT2D eigenvalue weighted by molar-refractivity contribution is 0.102. The van der Waals surface area contributed by atoms with Gasteiger partial charge in [-0.25, -0.2) is 4.39 Å². The molecule has 2 aromatic rings. The van der Waals surface area contributed by atoms with Gasteiger partial charge in [-0.05, 0) is 30.3 Å². The first-order valence-corrected chi connectivity index (χ1v) is 6.45. The maximum Gasteiger partial charge on any atom is 0.258 e. The van der Waals surface area contributed by atoms with E-state index in [9.17, 15) is 9.18 Å². The molecule has 3 nitrogen and oxygen atoms in total. The number of anilines is 1. The molecule has 1 amide bonds. The molecule has 0 bridgehead atoms. The van der Waals surface area contributed by atoms with Crippen molar-refractivity contribution in [2.45, 2.75) is 0 Å². The number of hydrogen-bond acceptors (Lipinski definition) is 2. The van der Waals surface area contributed by atoms with Crippen molar-refractivity contribution in [2.24, 2.45) is 0 Å².